The van der Waals surface area contributed by atoms with Crippen molar-refractivity contribution in [3.8, 4) is 0 Å². The fourth-order valence-electron chi connectivity index (χ4n) is 2.70. The van der Waals surface area contributed by atoms with Crippen molar-refractivity contribution in [3.63, 3.8) is 0 Å². The monoisotopic (exact) mass is 309 g/mol. The van der Waals surface area contributed by atoms with Gasteiger partial charge in [0.1, 0.15) is 0 Å². The van der Waals surface area contributed by atoms with Crippen LogP contribution in [0.25, 0.3) is 0 Å². The van der Waals surface area contributed by atoms with Gasteiger partial charge in [0.15, 0.2) is 0 Å². The van der Waals surface area contributed by atoms with E-state index in [-0.39, 0.29) is 0 Å². The number of rotatable bonds is 10. The zero-order valence-electron chi connectivity index (χ0n) is 14.1. The summed E-state index contributed by atoms with van der Waals surface area (Å²) in [7, 11) is -0.739. The van der Waals surface area contributed by atoms with Crippen LogP contribution in [0.1, 0.15) is 56.2 Å². The topological polar surface area (TPSA) is 29.1 Å². The van der Waals surface area contributed by atoms with Gasteiger partial charge in [0.05, 0.1) is 0 Å². The van der Waals surface area contributed by atoms with Crippen LogP contribution in [0.15, 0.2) is 18.2 Å². The Labute approximate surface area is 133 Å². The predicted molar refractivity (Wildman–Crippen MR) is 94.2 cm³/mol. The largest absolute Gasteiger partial charge is 0.314 e. The number of hydrogen-bond donors (Lipinski definition) is 1. The Hall–Kier alpha value is -0.670. The first-order valence-electron chi connectivity index (χ1n) is 8.20. The molecule has 0 bridgehead atoms. The number of aryl methyl sites for hydroxylation is 2. The second-order valence-electron chi connectivity index (χ2n) is 5.99. The van der Waals surface area contributed by atoms with Crippen LogP contribution in [-0.2, 0) is 16.6 Å². The van der Waals surface area contributed by atoms with E-state index in [1.807, 2.05) is 0 Å². The van der Waals surface area contributed by atoms with Gasteiger partial charge in [0, 0.05) is 28.3 Å². The lowest BCUT2D eigenvalue weighted by atomic mass is 10.1. The first kappa shape index (κ1) is 18.4. The average molecular weight is 310 g/mol. The lowest BCUT2D eigenvalue weighted by molar-refractivity contribution is 0.464. The number of hydrogen-bond acceptors (Lipinski definition) is 2. The van der Waals surface area contributed by atoms with E-state index >= 15 is 0 Å². The molecule has 1 aromatic rings. The van der Waals surface area contributed by atoms with Gasteiger partial charge in [-0.25, -0.2) is 0 Å². The summed E-state index contributed by atoms with van der Waals surface area (Å²) in [5.74, 6) is 1.51. The van der Waals surface area contributed by atoms with Gasteiger partial charge in [-0.2, -0.15) is 0 Å². The standard InChI is InChI=1S/C18H31NOS/c1-5-9-19-18(6-2)8-7-10-21(20)14-17-12-15(3)11-16(4)13-17/h11-13,18-19H,5-10,14H2,1-4H3. The molecule has 0 aromatic heterocycles. The van der Waals surface area contributed by atoms with E-state index in [1.165, 1.54) is 23.1 Å². The van der Waals surface area contributed by atoms with Gasteiger partial charge in [0.25, 0.3) is 0 Å². The van der Waals surface area contributed by atoms with Crippen molar-refractivity contribution in [3.05, 3.63) is 34.9 Å². The molecule has 21 heavy (non-hydrogen) atoms. The van der Waals surface area contributed by atoms with Crippen LogP contribution >= 0.6 is 0 Å². The van der Waals surface area contributed by atoms with Crippen molar-refractivity contribution in [2.24, 2.45) is 0 Å². The second kappa shape index (κ2) is 10.1. The fraction of sp³-hybridized carbons (Fsp3) is 0.667. The summed E-state index contributed by atoms with van der Waals surface area (Å²) in [6.07, 6.45) is 4.51. The Balaban J connectivity index is 2.33. The lowest BCUT2D eigenvalue weighted by Crippen LogP contribution is -2.29. The molecule has 1 aromatic carbocycles. The molecule has 0 spiro atoms. The van der Waals surface area contributed by atoms with Crippen molar-refractivity contribution in [2.45, 2.75) is 65.2 Å². The molecule has 0 heterocycles. The molecule has 2 atom stereocenters. The highest BCUT2D eigenvalue weighted by Gasteiger charge is 2.07. The summed E-state index contributed by atoms with van der Waals surface area (Å²) in [5, 5.41) is 3.56. The molecule has 0 saturated heterocycles. The summed E-state index contributed by atoms with van der Waals surface area (Å²) in [6, 6.07) is 7.06. The summed E-state index contributed by atoms with van der Waals surface area (Å²) in [4.78, 5) is 0. The van der Waals surface area contributed by atoms with Crippen LogP contribution in [0.5, 0.6) is 0 Å². The Morgan fingerprint density at radius 3 is 2.38 bits per heavy atom. The van der Waals surface area contributed by atoms with Gasteiger partial charge in [0.2, 0.25) is 0 Å². The molecule has 0 amide bonds. The predicted octanol–water partition coefficient (Wildman–Crippen LogP) is 4.11. The van der Waals surface area contributed by atoms with Crippen LogP contribution < -0.4 is 5.32 Å². The molecule has 0 aliphatic carbocycles. The lowest BCUT2D eigenvalue weighted by Gasteiger charge is -2.16. The van der Waals surface area contributed by atoms with Crippen molar-refractivity contribution in [1.82, 2.24) is 5.32 Å². The molecule has 1 N–H and O–H groups in total. The highest BCUT2D eigenvalue weighted by atomic mass is 32.2. The first-order chi connectivity index (χ1) is 10.0. The number of nitrogens with one attached hydrogen (secondary N) is 1. The van der Waals surface area contributed by atoms with E-state index in [0.29, 0.717) is 11.8 Å². The van der Waals surface area contributed by atoms with Gasteiger partial charge in [-0.15, -0.1) is 0 Å². The molecular formula is C18H31NOS. The Morgan fingerprint density at radius 1 is 1.14 bits per heavy atom. The van der Waals surface area contributed by atoms with Crippen LogP contribution in [0.4, 0.5) is 0 Å². The zero-order valence-corrected chi connectivity index (χ0v) is 14.9. The van der Waals surface area contributed by atoms with E-state index in [2.05, 4.69) is 51.2 Å². The molecule has 0 radical (unpaired) electrons. The van der Waals surface area contributed by atoms with Crippen molar-refractivity contribution < 1.29 is 4.21 Å². The van der Waals surface area contributed by atoms with Crippen LogP contribution in [0.2, 0.25) is 0 Å². The molecule has 3 heteroatoms. The van der Waals surface area contributed by atoms with Crippen LogP contribution in [-0.4, -0.2) is 22.5 Å². The molecule has 0 fully saturated rings. The van der Waals surface area contributed by atoms with Crippen molar-refractivity contribution in [2.75, 3.05) is 12.3 Å². The zero-order chi connectivity index (χ0) is 15.7. The van der Waals surface area contributed by atoms with E-state index < -0.39 is 10.8 Å². The minimum atomic E-state index is -0.739. The maximum Gasteiger partial charge on any atom is 0.0485 e. The second-order valence-corrected chi connectivity index (χ2v) is 7.56. The Kier molecular flexibility index (Phi) is 8.86. The van der Waals surface area contributed by atoms with Crippen molar-refractivity contribution >= 4 is 10.8 Å². The molecule has 2 nitrogen and oxygen atoms in total. The first-order valence-corrected chi connectivity index (χ1v) is 9.69. The molecule has 1 rings (SSSR count). The maximum absolute atomic E-state index is 12.2. The highest BCUT2D eigenvalue weighted by Crippen LogP contribution is 2.12. The minimum Gasteiger partial charge on any atom is -0.314 e. The van der Waals surface area contributed by atoms with E-state index in [0.717, 1.165) is 31.6 Å². The normalized spacial score (nSPS) is 14.1. The average Bonchev–Trinajstić information content (AvgIpc) is 2.41. The van der Waals surface area contributed by atoms with E-state index in [9.17, 15) is 4.21 Å². The summed E-state index contributed by atoms with van der Waals surface area (Å²) >= 11 is 0. The molecular weight excluding hydrogens is 278 g/mol. The van der Waals surface area contributed by atoms with Crippen molar-refractivity contribution in [1.29, 1.82) is 0 Å². The summed E-state index contributed by atoms with van der Waals surface area (Å²) in [6.45, 7) is 9.71. The number of benzene rings is 1. The Morgan fingerprint density at radius 2 is 1.81 bits per heavy atom. The van der Waals surface area contributed by atoms with E-state index in [1.54, 1.807) is 0 Å². The van der Waals surface area contributed by atoms with Gasteiger partial charge < -0.3 is 5.32 Å². The Bertz CT molecular complexity index is 425. The minimum absolute atomic E-state index is 0.586. The van der Waals surface area contributed by atoms with Gasteiger partial charge in [-0.1, -0.05) is 43.2 Å². The van der Waals surface area contributed by atoms with Gasteiger partial charge >= 0.3 is 0 Å². The molecule has 120 valence electrons. The SMILES string of the molecule is CCCNC(CC)CCCS(=O)Cc1cc(C)cc(C)c1. The molecule has 2 unspecified atom stereocenters. The third-order valence-electron chi connectivity index (χ3n) is 3.71. The van der Waals surface area contributed by atoms with Crippen LogP contribution in [0, 0.1) is 13.8 Å². The third kappa shape index (κ3) is 7.77. The smallest absolute Gasteiger partial charge is 0.0485 e. The fourth-order valence-corrected chi connectivity index (χ4v) is 3.87. The summed E-state index contributed by atoms with van der Waals surface area (Å²) in [5.41, 5.74) is 3.73. The van der Waals surface area contributed by atoms with Gasteiger partial charge in [-0.05, 0) is 51.6 Å². The van der Waals surface area contributed by atoms with Crippen LogP contribution in [0.3, 0.4) is 0 Å². The maximum atomic E-state index is 12.2. The summed E-state index contributed by atoms with van der Waals surface area (Å²) < 4.78 is 12.2. The van der Waals surface area contributed by atoms with Gasteiger partial charge in [-0.3, -0.25) is 4.21 Å². The molecule has 0 saturated carbocycles. The molecule has 0 aliphatic rings. The molecule has 0 aliphatic heterocycles. The van der Waals surface area contributed by atoms with E-state index in [4.69, 9.17) is 0 Å². The highest BCUT2D eigenvalue weighted by molar-refractivity contribution is 7.84. The third-order valence-corrected chi connectivity index (χ3v) is 5.11. The quantitative estimate of drug-likeness (QED) is 0.704.